The van der Waals surface area contributed by atoms with Gasteiger partial charge in [-0.2, -0.15) is 18.4 Å². The van der Waals surface area contributed by atoms with Gasteiger partial charge in [0.05, 0.1) is 5.56 Å². The fourth-order valence-electron chi connectivity index (χ4n) is 2.95. The molecule has 2 aromatic rings. The predicted molar refractivity (Wildman–Crippen MR) is 97.1 cm³/mol. The van der Waals surface area contributed by atoms with Gasteiger partial charge in [-0.3, -0.25) is 4.79 Å². The lowest BCUT2D eigenvalue weighted by Gasteiger charge is -2.33. The SMILES string of the molecule is Cc1cc(C#N)cnc1C(=O)Nc1ccc(F)c([C@H]2NC(N)=CO[C@H]2C(F)(F)F)c1. The van der Waals surface area contributed by atoms with Crippen molar-refractivity contribution in [2.75, 3.05) is 5.32 Å². The minimum Gasteiger partial charge on any atom is -0.482 e. The number of nitriles is 1. The van der Waals surface area contributed by atoms with E-state index in [0.717, 1.165) is 12.1 Å². The first-order valence-corrected chi connectivity index (χ1v) is 8.52. The molecule has 1 aliphatic heterocycles. The van der Waals surface area contributed by atoms with E-state index in [1.165, 1.54) is 18.3 Å². The minimum absolute atomic E-state index is 0.0133. The molecule has 0 bridgehead atoms. The summed E-state index contributed by atoms with van der Waals surface area (Å²) in [6.07, 6.45) is -5.26. The lowest BCUT2D eigenvalue weighted by molar-refractivity contribution is -0.218. The van der Waals surface area contributed by atoms with Crippen LogP contribution in [0.1, 0.15) is 33.2 Å². The molecule has 2 atom stereocenters. The van der Waals surface area contributed by atoms with E-state index in [0.29, 0.717) is 11.8 Å². The van der Waals surface area contributed by atoms with E-state index in [9.17, 15) is 22.4 Å². The molecular weight excluding hydrogens is 406 g/mol. The van der Waals surface area contributed by atoms with Crippen LogP contribution >= 0.6 is 0 Å². The molecular formula is C19H15F4N5O2. The normalized spacial score (nSPS) is 18.5. The molecule has 0 radical (unpaired) electrons. The number of nitrogens with two attached hydrogens (primary N) is 1. The zero-order chi connectivity index (χ0) is 22.1. The van der Waals surface area contributed by atoms with E-state index in [2.05, 4.69) is 20.4 Å². The molecule has 0 spiro atoms. The number of hydrogen-bond donors (Lipinski definition) is 3. The molecule has 0 unspecified atom stereocenters. The zero-order valence-corrected chi connectivity index (χ0v) is 15.4. The second kappa shape index (κ2) is 7.90. The third-order valence-corrected chi connectivity index (χ3v) is 4.30. The third kappa shape index (κ3) is 4.27. The van der Waals surface area contributed by atoms with E-state index in [1.54, 1.807) is 6.92 Å². The largest absolute Gasteiger partial charge is 0.482 e. The Hall–Kier alpha value is -3.81. The van der Waals surface area contributed by atoms with Crippen LogP contribution in [-0.2, 0) is 4.74 Å². The van der Waals surface area contributed by atoms with E-state index in [1.807, 2.05) is 6.07 Å². The van der Waals surface area contributed by atoms with Crippen LogP contribution in [0.3, 0.4) is 0 Å². The molecule has 1 aromatic heterocycles. The Morgan fingerprint density at radius 1 is 1.37 bits per heavy atom. The fourth-order valence-corrected chi connectivity index (χ4v) is 2.95. The van der Waals surface area contributed by atoms with Crippen molar-refractivity contribution in [1.29, 1.82) is 5.26 Å². The summed E-state index contributed by atoms with van der Waals surface area (Å²) in [6.45, 7) is 1.57. The second-order valence-electron chi connectivity index (χ2n) is 6.49. The highest BCUT2D eigenvalue weighted by atomic mass is 19.4. The summed E-state index contributed by atoms with van der Waals surface area (Å²) in [4.78, 5) is 16.4. The molecule has 3 rings (SSSR count). The lowest BCUT2D eigenvalue weighted by Crippen LogP contribution is -2.47. The summed E-state index contributed by atoms with van der Waals surface area (Å²) in [5.74, 6) is -1.81. The number of aromatic nitrogens is 1. The number of halogens is 4. The van der Waals surface area contributed by atoms with Crippen molar-refractivity contribution in [3.8, 4) is 6.07 Å². The van der Waals surface area contributed by atoms with Crippen molar-refractivity contribution >= 4 is 11.6 Å². The van der Waals surface area contributed by atoms with Gasteiger partial charge in [0.25, 0.3) is 5.91 Å². The Morgan fingerprint density at radius 2 is 2.10 bits per heavy atom. The number of carbonyl (C=O) groups is 1. The molecule has 7 nitrogen and oxygen atoms in total. The maximum Gasteiger partial charge on any atom is 0.427 e. The van der Waals surface area contributed by atoms with Crippen molar-refractivity contribution in [3.63, 3.8) is 0 Å². The summed E-state index contributed by atoms with van der Waals surface area (Å²) >= 11 is 0. The van der Waals surface area contributed by atoms with Gasteiger partial charge in [0.15, 0.2) is 0 Å². The molecule has 1 amide bonds. The molecule has 0 aliphatic carbocycles. The smallest absolute Gasteiger partial charge is 0.427 e. The summed E-state index contributed by atoms with van der Waals surface area (Å²) in [5.41, 5.74) is 5.83. The number of ether oxygens (including phenoxy) is 1. The third-order valence-electron chi connectivity index (χ3n) is 4.30. The highest BCUT2D eigenvalue weighted by Crippen LogP contribution is 2.37. The molecule has 156 valence electrons. The molecule has 30 heavy (non-hydrogen) atoms. The monoisotopic (exact) mass is 421 g/mol. The van der Waals surface area contributed by atoms with Gasteiger partial charge in [-0.05, 0) is 36.8 Å². The molecule has 1 aliphatic rings. The molecule has 2 heterocycles. The number of hydrogen-bond acceptors (Lipinski definition) is 6. The average molecular weight is 421 g/mol. The minimum atomic E-state index is -4.80. The van der Waals surface area contributed by atoms with Gasteiger partial charge >= 0.3 is 6.18 Å². The zero-order valence-electron chi connectivity index (χ0n) is 15.4. The number of pyridine rings is 1. The first-order valence-electron chi connectivity index (χ1n) is 8.52. The first-order chi connectivity index (χ1) is 14.1. The number of anilines is 1. The van der Waals surface area contributed by atoms with E-state index >= 15 is 0 Å². The van der Waals surface area contributed by atoms with Crippen LogP contribution in [0.4, 0.5) is 23.2 Å². The Labute approximate surface area is 168 Å². The molecule has 0 fully saturated rings. The van der Waals surface area contributed by atoms with E-state index in [-0.39, 0.29) is 22.8 Å². The van der Waals surface area contributed by atoms with Crippen LogP contribution in [0, 0.1) is 24.1 Å². The van der Waals surface area contributed by atoms with Gasteiger partial charge in [-0.15, -0.1) is 0 Å². The molecule has 1 aromatic carbocycles. The van der Waals surface area contributed by atoms with Crippen LogP contribution in [0.25, 0.3) is 0 Å². The number of benzene rings is 1. The van der Waals surface area contributed by atoms with E-state index in [4.69, 9.17) is 11.0 Å². The fraction of sp³-hybridized carbons (Fsp3) is 0.211. The molecule has 11 heteroatoms. The van der Waals surface area contributed by atoms with Crippen LogP contribution in [0.5, 0.6) is 0 Å². The number of aryl methyl sites for hydroxylation is 1. The number of rotatable bonds is 3. The summed E-state index contributed by atoms with van der Waals surface area (Å²) in [5, 5.41) is 13.7. The lowest BCUT2D eigenvalue weighted by atomic mass is 9.98. The van der Waals surface area contributed by atoms with Crippen molar-refractivity contribution in [2.24, 2.45) is 5.73 Å². The van der Waals surface area contributed by atoms with Gasteiger partial charge < -0.3 is 21.1 Å². The Kier molecular flexibility index (Phi) is 5.51. The molecule has 4 N–H and O–H groups in total. The summed E-state index contributed by atoms with van der Waals surface area (Å²) < 4.78 is 59.0. The van der Waals surface area contributed by atoms with Crippen LogP contribution < -0.4 is 16.4 Å². The standard InChI is InChI=1S/C19H15F4N5O2/c1-9-4-10(6-24)7-26-15(9)18(29)27-11-2-3-13(20)12(5-11)16-17(19(21,22)23)30-8-14(25)28-16/h2-5,7-8,16-17,28H,25H2,1H3,(H,27,29)/t16-,17-/m1/s1. The van der Waals surface area contributed by atoms with Crippen LogP contribution in [0.2, 0.25) is 0 Å². The Morgan fingerprint density at radius 3 is 2.73 bits per heavy atom. The van der Waals surface area contributed by atoms with Crippen molar-refractivity contribution in [3.05, 3.63) is 70.7 Å². The van der Waals surface area contributed by atoms with Crippen molar-refractivity contribution < 1.29 is 27.1 Å². The molecule has 0 saturated carbocycles. The van der Waals surface area contributed by atoms with Gasteiger partial charge in [0, 0.05) is 17.4 Å². The van der Waals surface area contributed by atoms with Crippen molar-refractivity contribution in [2.45, 2.75) is 25.2 Å². The Balaban J connectivity index is 1.91. The maximum absolute atomic E-state index is 14.4. The number of amides is 1. The summed E-state index contributed by atoms with van der Waals surface area (Å²) in [6, 6.07) is 4.87. The topological polar surface area (TPSA) is 113 Å². The average Bonchev–Trinajstić information content (AvgIpc) is 2.68. The van der Waals surface area contributed by atoms with Gasteiger partial charge in [-0.1, -0.05) is 0 Å². The highest BCUT2D eigenvalue weighted by molar-refractivity contribution is 6.03. The molecule has 0 saturated heterocycles. The van der Waals surface area contributed by atoms with Gasteiger partial charge in [0.2, 0.25) is 6.10 Å². The summed E-state index contributed by atoms with van der Waals surface area (Å²) in [7, 11) is 0. The number of carbonyl (C=O) groups excluding carboxylic acids is 1. The van der Waals surface area contributed by atoms with E-state index < -0.39 is 35.6 Å². The number of nitrogens with one attached hydrogen (secondary N) is 2. The van der Waals surface area contributed by atoms with Crippen molar-refractivity contribution in [1.82, 2.24) is 10.3 Å². The Bertz CT molecular complexity index is 1060. The number of nitrogens with zero attached hydrogens (tertiary/aromatic N) is 2. The van der Waals surface area contributed by atoms with Crippen LogP contribution in [-0.4, -0.2) is 23.2 Å². The van der Waals surface area contributed by atoms with Gasteiger partial charge in [0.1, 0.15) is 35.7 Å². The van der Waals surface area contributed by atoms with Gasteiger partial charge in [-0.25, -0.2) is 9.37 Å². The highest BCUT2D eigenvalue weighted by Gasteiger charge is 2.49. The number of alkyl halides is 3. The quantitative estimate of drug-likeness (QED) is 0.657. The van der Waals surface area contributed by atoms with Crippen LogP contribution in [0.15, 0.2) is 42.5 Å². The predicted octanol–water partition coefficient (Wildman–Crippen LogP) is 3.00. The maximum atomic E-state index is 14.4. The second-order valence-corrected chi connectivity index (χ2v) is 6.49. The first kappa shape index (κ1) is 20.9.